The Hall–Kier alpha value is -2.69. The molecule has 0 aromatic heterocycles. The van der Waals surface area contributed by atoms with Gasteiger partial charge in [-0.15, -0.1) is 0 Å². The summed E-state index contributed by atoms with van der Waals surface area (Å²) in [6.45, 7) is 2.39. The zero-order chi connectivity index (χ0) is 18.2. The molecule has 25 heavy (non-hydrogen) atoms. The second-order valence-corrected chi connectivity index (χ2v) is 5.70. The Labute approximate surface area is 149 Å². The first kappa shape index (κ1) is 18.6. The summed E-state index contributed by atoms with van der Waals surface area (Å²) >= 11 is 0. The van der Waals surface area contributed by atoms with E-state index in [1.807, 2.05) is 49.4 Å². The Morgan fingerprint density at radius 3 is 2.44 bits per heavy atom. The van der Waals surface area contributed by atoms with Crippen LogP contribution in [0.2, 0.25) is 0 Å². The van der Waals surface area contributed by atoms with E-state index in [4.69, 9.17) is 14.2 Å². The van der Waals surface area contributed by atoms with Crippen LogP contribution in [0.15, 0.2) is 48.5 Å². The number of benzene rings is 2. The van der Waals surface area contributed by atoms with Crippen LogP contribution in [0.25, 0.3) is 0 Å². The molecule has 0 heterocycles. The predicted molar refractivity (Wildman–Crippen MR) is 97.2 cm³/mol. The normalized spacial score (nSPS) is 11.5. The molecule has 0 radical (unpaired) electrons. The van der Waals surface area contributed by atoms with Crippen molar-refractivity contribution in [2.45, 2.75) is 26.0 Å². The van der Waals surface area contributed by atoms with E-state index in [1.165, 1.54) is 0 Å². The minimum absolute atomic E-state index is 0.0729. The molecule has 0 unspecified atom stereocenters. The number of para-hydroxylation sites is 1. The summed E-state index contributed by atoms with van der Waals surface area (Å²) in [5.41, 5.74) is 0.956. The van der Waals surface area contributed by atoms with Gasteiger partial charge in [0.2, 0.25) is 0 Å². The van der Waals surface area contributed by atoms with Crippen molar-refractivity contribution in [1.82, 2.24) is 4.90 Å². The van der Waals surface area contributed by atoms with E-state index in [0.29, 0.717) is 24.5 Å². The molecule has 0 spiro atoms. The summed E-state index contributed by atoms with van der Waals surface area (Å²) in [4.78, 5) is 14.4. The van der Waals surface area contributed by atoms with Crippen LogP contribution in [0.3, 0.4) is 0 Å². The van der Waals surface area contributed by atoms with Crippen molar-refractivity contribution in [3.63, 3.8) is 0 Å². The number of ether oxygens (including phenoxy) is 3. The first-order valence-corrected chi connectivity index (χ1v) is 8.26. The van der Waals surface area contributed by atoms with Crippen molar-refractivity contribution < 1.29 is 19.0 Å². The highest BCUT2D eigenvalue weighted by Gasteiger charge is 2.23. The van der Waals surface area contributed by atoms with Crippen molar-refractivity contribution in [2.24, 2.45) is 0 Å². The maximum atomic E-state index is 12.8. The smallest absolute Gasteiger partial charge is 0.263 e. The van der Waals surface area contributed by atoms with Gasteiger partial charge in [0.15, 0.2) is 6.10 Å². The standard InChI is InChI=1S/C20H25NO4/c1-5-18(25-17-11-8-10-16(13-17)23-3)20(22)21(2)14-15-9-6-7-12-19(15)24-4/h6-13,18H,5,14H2,1-4H3/t18-/m1/s1. The highest BCUT2D eigenvalue weighted by molar-refractivity contribution is 5.81. The molecule has 0 aliphatic rings. The summed E-state index contributed by atoms with van der Waals surface area (Å²) in [5.74, 6) is 2.01. The molecule has 1 amide bonds. The molecule has 0 aliphatic heterocycles. The van der Waals surface area contributed by atoms with Crippen molar-refractivity contribution in [3.8, 4) is 17.2 Å². The highest BCUT2D eigenvalue weighted by Crippen LogP contribution is 2.22. The van der Waals surface area contributed by atoms with Crippen LogP contribution in [-0.2, 0) is 11.3 Å². The molecule has 0 aliphatic carbocycles. The van der Waals surface area contributed by atoms with Crippen LogP contribution in [-0.4, -0.2) is 38.2 Å². The van der Waals surface area contributed by atoms with Crippen LogP contribution in [0.1, 0.15) is 18.9 Å². The van der Waals surface area contributed by atoms with Gasteiger partial charge in [-0.25, -0.2) is 0 Å². The molecule has 5 nitrogen and oxygen atoms in total. The lowest BCUT2D eigenvalue weighted by Crippen LogP contribution is -2.39. The zero-order valence-corrected chi connectivity index (χ0v) is 15.2. The van der Waals surface area contributed by atoms with E-state index in [1.54, 1.807) is 32.2 Å². The topological polar surface area (TPSA) is 48.0 Å². The van der Waals surface area contributed by atoms with Crippen molar-refractivity contribution in [3.05, 3.63) is 54.1 Å². The number of carbonyl (C=O) groups excluding carboxylic acids is 1. The Bertz CT molecular complexity index is 702. The Morgan fingerprint density at radius 2 is 1.76 bits per heavy atom. The average molecular weight is 343 g/mol. The number of methoxy groups -OCH3 is 2. The number of hydrogen-bond acceptors (Lipinski definition) is 4. The minimum Gasteiger partial charge on any atom is -0.497 e. The first-order chi connectivity index (χ1) is 12.1. The lowest BCUT2D eigenvalue weighted by Gasteiger charge is -2.24. The van der Waals surface area contributed by atoms with E-state index >= 15 is 0 Å². The van der Waals surface area contributed by atoms with Gasteiger partial charge >= 0.3 is 0 Å². The fraction of sp³-hybridized carbons (Fsp3) is 0.350. The van der Waals surface area contributed by atoms with Gasteiger partial charge in [0.1, 0.15) is 17.2 Å². The van der Waals surface area contributed by atoms with E-state index in [-0.39, 0.29) is 5.91 Å². The van der Waals surface area contributed by atoms with Crippen molar-refractivity contribution >= 4 is 5.91 Å². The Morgan fingerprint density at radius 1 is 1.04 bits per heavy atom. The van der Waals surface area contributed by atoms with E-state index in [9.17, 15) is 4.79 Å². The van der Waals surface area contributed by atoms with Crippen LogP contribution >= 0.6 is 0 Å². The fourth-order valence-electron chi connectivity index (χ4n) is 2.56. The number of carbonyl (C=O) groups is 1. The molecule has 0 saturated heterocycles. The molecule has 1 atom stereocenters. The fourth-order valence-corrected chi connectivity index (χ4v) is 2.56. The Balaban J connectivity index is 2.07. The van der Waals surface area contributed by atoms with Gasteiger partial charge in [0.05, 0.1) is 14.2 Å². The summed E-state index contributed by atoms with van der Waals surface area (Å²) in [6.07, 6.45) is 0.0265. The second-order valence-electron chi connectivity index (χ2n) is 5.70. The summed E-state index contributed by atoms with van der Waals surface area (Å²) in [7, 11) is 5.00. The van der Waals surface area contributed by atoms with E-state index in [2.05, 4.69) is 0 Å². The first-order valence-electron chi connectivity index (χ1n) is 8.26. The SMILES string of the molecule is CC[C@@H](Oc1cccc(OC)c1)C(=O)N(C)Cc1ccccc1OC. The molecule has 5 heteroatoms. The van der Waals surface area contributed by atoms with Crippen LogP contribution in [0.4, 0.5) is 0 Å². The number of likely N-dealkylation sites (N-methyl/N-ethyl adjacent to an activating group) is 1. The average Bonchev–Trinajstić information content (AvgIpc) is 2.66. The molecular formula is C20H25NO4. The number of amides is 1. The Kier molecular flexibility index (Phi) is 6.69. The predicted octanol–water partition coefficient (Wildman–Crippen LogP) is 3.52. The number of rotatable bonds is 8. The molecule has 134 valence electrons. The third kappa shape index (κ3) is 4.89. The molecule has 2 aromatic carbocycles. The van der Waals surface area contributed by atoms with Crippen LogP contribution < -0.4 is 14.2 Å². The van der Waals surface area contributed by atoms with Gasteiger partial charge < -0.3 is 19.1 Å². The lowest BCUT2D eigenvalue weighted by molar-refractivity contribution is -0.138. The van der Waals surface area contributed by atoms with E-state index in [0.717, 1.165) is 11.3 Å². The number of hydrogen-bond donors (Lipinski definition) is 0. The third-order valence-electron chi connectivity index (χ3n) is 3.94. The van der Waals surface area contributed by atoms with Gasteiger partial charge in [-0.05, 0) is 24.6 Å². The van der Waals surface area contributed by atoms with Gasteiger partial charge in [-0.3, -0.25) is 4.79 Å². The van der Waals surface area contributed by atoms with Gasteiger partial charge in [0, 0.05) is 25.2 Å². The second kappa shape index (κ2) is 8.97. The van der Waals surface area contributed by atoms with E-state index < -0.39 is 6.10 Å². The maximum absolute atomic E-state index is 12.8. The van der Waals surface area contributed by atoms with Crippen LogP contribution in [0, 0.1) is 0 Å². The summed E-state index contributed by atoms with van der Waals surface area (Å²) < 4.78 is 16.4. The van der Waals surface area contributed by atoms with Gasteiger partial charge in [0.25, 0.3) is 5.91 Å². The largest absolute Gasteiger partial charge is 0.497 e. The summed E-state index contributed by atoms with van der Waals surface area (Å²) in [6, 6.07) is 14.9. The molecule has 2 rings (SSSR count). The highest BCUT2D eigenvalue weighted by atomic mass is 16.5. The van der Waals surface area contributed by atoms with Crippen molar-refractivity contribution in [2.75, 3.05) is 21.3 Å². The monoisotopic (exact) mass is 343 g/mol. The van der Waals surface area contributed by atoms with Gasteiger partial charge in [-0.2, -0.15) is 0 Å². The molecule has 0 fully saturated rings. The number of nitrogens with zero attached hydrogens (tertiary/aromatic N) is 1. The van der Waals surface area contributed by atoms with Crippen LogP contribution in [0.5, 0.6) is 17.2 Å². The lowest BCUT2D eigenvalue weighted by atomic mass is 10.1. The molecule has 0 N–H and O–H groups in total. The molecular weight excluding hydrogens is 318 g/mol. The molecule has 0 saturated carbocycles. The molecule has 0 bridgehead atoms. The van der Waals surface area contributed by atoms with Crippen molar-refractivity contribution in [1.29, 1.82) is 0 Å². The quantitative estimate of drug-likeness (QED) is 0.736. The zero-order valence-electron chi connectivity index (χ0n) is 15.2. The minimum atomic E-state index is -0.549. The molecule has 2 aromatic rings. The third-order valence-corrected chi connectivity index (χ3v) is 3.94. The maximum Gasteiger partial charge on any atom is 0.263 e. The van der Waals surface area contributed by atoms with Gasteiger partial charge in [-0.1, -0.05) is 31.2 Å². The summed E-state index contributed by atoms with van der Waals surface area (Å²) in [5, 5.41) is 0.